The second kappa shape index (κ2) is 8.91. The molecular formula is C22H24N4O4S. The van der Waals surface area contributed by atoms with Gasteiger partial charge in [0.15, 0.2) is 5.82 Å². The highest BCUT2D eigenvalue weighted by Gasteiger charge is 2.20. The molecule has 3 aromatic rings. The maximum Gasteiger partial charge on any atom is 0.265 e. The van der Waals surface area contributed by atoms with E-state index in [1.54, 1.807) is 30.3 Å². The fraction of sp³-hybridized carbons (Fsp3) is 0.273. The third kappa shape index (κ3) is 4.78. The quantitative estimate of drug-likeness (QED) is 0.629. The molecule has 0 spiro atoms. The Kier molecular flexibility index (Phi) is 6.06. The first-order valence-corrected chi connectivity index (χ1v) is 11.4. The van der Waals surface area contributed by atoms with Gasteiger partial charge in [-0.15, -0.1) is 10.2 Å². The zero-order chi connectivity index (χ0) is 21.8. The van der Waals surface area contributed by atoms with Crippen LogP contribution in [-0.2, 0) is 14.8 Å². The first-order valence-electron chi connectivity index (χ1n) is 9.90. The van der Waals surface area contributed by atoms with Crippen molar-refractivity contribution in [2.45, 2.75) is 11.8 Å². The molecule has 1 saturated heterocycles. The van der Waals surface area contributed by atoms with Crippen LogP contribution in [0.5, 0.6) is 5.75 Å². The van der Waals surface area contributed by atoms with Crippen molar-refractivity contribution in [1.29, 1.82) is 0 Å². The van der Waals surface area contributed by atoms with E-state index in [2.05, 4.69) is 19.8 Å². The average molecular weight is 441 g/mol. The number of aromatic nitrogens is 2. The lowest BCUT2D eigenvalue weighted by molar-refractivity contribution is 0.122. The zero-order valence-corrected chi connectivity index (χ0v) is 18.2. The summed E-state index contributed by atoms with van der Waals surface area (Å²) >= 11 is 0. The molecule has 0 aliphatic carbocycles. The monoisotopic (exact) mass is 440 g/mol. The van der Waals surface area contributed by atoms with Gasteiger partial charge in [0.2, 0.25) is 0 Å². The standard InChI is InChI=1S/C22H24N4O4S/c1-16-6-8-21(20(14-16)29-2)31(27,28)25-18-5-3-4-17(15-18)19-7-9-22(24-23-19)26-10-12-30-13-11-26/h3-9,14-15,25H,10-13H2,1-2H3. The number of anilines is 2. The maximum atomic E-state index is 12.9. The summed E-state index contributed by atoms with van der Waals surface area (Å²) in [7, 11) is -2.37. The third-order valence-electron chi connectivity index (χ3n) is 5.00. The average Bonchev–Trinajstić information content (AvgIpc) is 2.79. The first-order chi connectivity index (χ1) is 15.0. The fourth-order valence-electron chi connectivity index (χ4n) is 3.39. The van der Waals surface area contributed by atoms with Gasteiger partial charge in [-0.2, -0.15) is 0 Å². The number of sulfonamides is 1. The molecule has 0 bridgehead atoms. The van der Waals surface area contributed by atoms with Crippen molar-refractivity contribution in [3.63, 3.8) is 0 Å². The minimum absolute atomic E-state index is 0.0839. The normalized spacial score (nSPS) is 14.3. The highest BCUT2D eigenvalue weighted by atomic mass is 32.2. The van der Waals surface area contributed by atoms with Crippen LogP contribution in [0.4, 0.5) is 11.5 Å². The number of rotatable bonds is 6. The molecule has 1 aromatic heterocycles. The van der Waals surface area contributed by atoms with Crippen LogP contribution in [0.2, 0.25) is 0 Å². The molecule has 0 unspecified atom stereocenters. The SMILES string of the molecule is COc1cc(C)ccc1S(=O)(=O)Nc1cccc(-c2ccc(N3CCOCC3)nn2)c1. The van der Waals surface area contributed by atoms with Gasteiger partial charge >= 0.3 is 0 Å². The van der Waals surface area contributed by atoms with Gasteiger partial charge in [-0.05, 0) is 48.9 Å². The number of hydrogen-bond acceptors (Lipinski definition) is 7. The Morgan fingerprint density at radius 3 is 2.55 bits per heavy atom. The number of nitrogens with zero attached hydrogens (tertiary/aromatic N) is 3. The van der Waals surface area contributed by atoms with Crippen molar-refractivity contribution in [3.8, 4) is 17.0 Å². The summed E-state index contributed by atoms with van der Waals surface area (Å²) in [5.74, 6) is 1.10. The number of nitrogens with one attached hydrogen (secondary N) is 1. The summed E-state index contributed by atoms with van der Waals surface area (Å²) in [5, 5.41) is 8.65. The molecule has 1 fully saturated rings. The molecule has 4 rings (SSSR count). The van der Waals surface area contributed by atoms with Crippen molar-refractivity contribution in [3.05, 3.63) is 60.2 Å². The van der Waals surface area contributed by atoms with Crippen LogP contribution in [0.1, 0.15) is 5.56 Å². The Bertz CT molecular complexity index is 1160. The number of ether oxygens (including phenoxy) is 2. The number of morpholine rings is 1. The topological polar surface area (TPSA) is 93.7 Å². The minimum atomic E-state index is -3.82. The Morgan fingerprint density at radius 2 is 1.84 bits per heavy atom. The Morgan fingerprint density at radius 1 is 1.03 bits per heavy atom. The second-order valence-electron chi connectivity index (χ2n) is 7.22. The van der Waals surface area contributed by atoms with E-state index < -0.39 is 10.0 Å². The molecule has 8 nitrogen and oxygen atoms in total. The van der Waals surface area contributed by atoms with Crippen molar-refractivity contribution in [1.82, 2.24) is 10.2 Å². The minimum Gasteiger partial charge on any atom is -0.495 e. The van der Waals surface area contributed by atoms with E-state index in [0.29, 0.717) is 30.3 Å². The Labute approximate surface area is 181 Å². The molecule has 1 aliphatic rings. The third-order valence-corrected chi connectivity index (χ3v) is 6.43. The highest BCUT2D eigenvalue weighted by molar-refractivity contribution is 7.92. The van der Waals surface area contributed by atoms with Gasteiger partial charge in [0, 0.05) is 24.3 Å². The number of aryl methyl sites for hydroxylation is 1. The van der Waals surface area contributed by atoms with E-state index in [4.69, 9.17) is 9.47 Å². The molecule has 1 N–H and O–H groups in total. The van der Waals surface area contributed by atoms with Gasteiger partial charge in [-0.3, -0.25) is 4.72 Å². The lowest BCUT2D eigenvalue weighted by atomic mass is 10.1. The molecule has 0 saturated carbocycles. The molecule has 9 heteroatoms. The van der Waals surface area contributed by atoms with Crippen molar-refractivity contribution >= 4 is 21.5 Å². The largest absolute Gasteiger partial charge is 0.495 e. The van der Waals surface area contributed by atoms with Crippen molar-refractivity contribution < 1.29 is 17.9 Å². The number of methoxy groups -OCH3 is 1. The van der Waals surface area contributed by atoms with E-state index in [1.807, 2.05) is 25.1 Å². The Hall–Kier alpha value is -3.17. The Balaban J connectivity index is 1.56. The summed E-state index contributed by atoms with van der Waals surface area (Å²) in [4.78, 5) is 2.21. The molecule has 0 radical (unpaired) electrons. The number of benzene rings is 2. The zero-order valence-electron chi connectivity index (χ0n) is 17.4. The fourth-order valence-corrected chi connectivity index (χ4v) is 4.59. The molecule has 1 aliphatic heterocycles. The van der Waals surface area contributed by atoms with Crippen LogP contribution in [0.25, 0.3) is 11.3 Å². The molecule has 0 amide bonds. The van der Waals surface area contributed by atoms with Crippen LogP contribution < -0.4 is 14.4 Å². The van der Waals surface area contributed by atoms with E-state index in [1.165, 1.54) is 13.2 Å². The van der Waals surface area contributed by atoms with Gasteiger partial charge in [-0.1, -0.05) is 18.2 Å². The van der Waals surface area contributed by atoms with E-state index in [-0.39, 0.29) is 4.90 Å². The lowest BCUT2D eigenvalue weighted by Gasteiger charge is -2.27. The second-order valence-corrected chi connectivity index (χ2v) is 8.87. The molecule has 162 valence electrons. The van der Waals surface area contributed by atoms with E-state index >= 15 is 0 Å². The molecule has 0 atom stereocenters. The summed E-state index contributed by atoms with van der Waals surface area (Å²) in [6.45, 7) is 4.80. The summed E-state index contributed by atoms with van der Waals surface area (Å²) in [5.41, 5.74) is 2.76. The maximum absolute atomic E-state index is 12.9. The van der Waals surface area contributed by atoms with Gasteiger partial charge in [-0.25, -0.2) is 8.42 Å². The molecule has 2 aromatic carbocycles. The summed E-state index contributed by atoms with van der Waals surface area (Å²) < 4.78 is 39.1. The van der Waals surface area contributed by atoms with E-state index in [0.717, 1.165) is 30.0 Å². The highest BCUT2D eigenvalue weighted by Crippen LogP contribution is 2.28. The van der Waals surface area contributed by atoms with Gasteiger partial charge in [0.05, 0.1) is 26.0 Å². The number of hydrogen-bond donors (Lipinski definition) is 1. The van der Waals surface area contributed by atoms with Gasteiger partial charge < -0.3 is 14.4 Å². The predicted molar refractivity (Wildman–Crippen MR) is 119 cm³/mol. The smallest absolute Gasteiger partial charge is 0.265 e. The predicted octanol–water partition coefficient (Wildman–Crippen LogP) is 3.10. The van der Waals surface area contributed by atoms with E-state index in [9.17, 15) is 8.42 Å². The molecule has 31 heavy (non-hydrogen) atoms. The summed E-state index contributed by atoms with van der Waals surface area (Å²) in [6.07, 6.45) is 0. The van der Waals surface area contributed by atoms with Crippen LogP contribution >= 0.6 is 0 Å². The van der Waals surface area contributed by atoms with Gasteiger partial charge in [0.25, 0.3) is 10.0 Å². The van der Waals surface area contributed by atoms with Crippen molar-refractivity contribution in [2.24, 2.45) is 0 Å². The van der Waals surface area contributed by atoms with Crippen LogP contribution in [0.3, 0.4) is 0 Å². The molecule has 2 heterocycles. The summed E-state index contributed by atoms with van der Waals surface area (Å²) in [6, 6.07) is 15.8. The van der Waals surface area contributed by atoms with Crippen molar-refractivity contribution in [2.75, 3.05) is 43.0 Å². The van der Waals surface area contributed by atoms with Crippen LogP contribution in [0, 0.1) is 6.92 Å². The van der Waals surface area contributed by atoms with Crippen LogP contribution in [-0.4, -0.2) is 52.0 Å². The lowest BCUT2D eigenvalue weighted by Crippen LogP contribution is -2.36. The van der Waals surface area contributed by atoms with Crippen LogP contribution in [0.15, 0.2) is 59.5 Å². The first kappa shape index (κ1) is 21.1. The molecular weight excluding hydrogens is 416 g/mol. The van der Waals surface area contributed by atoms with Gasteiger partial charge in [0.1, 0.15) is 10.6 Å².